The molecule has 3 nitrogen and oxygen atoms in total. The van der Waals surface area contributed by atoms with Crippen LogP contribution >= 0.6 is 0 Å². The maximum atomic E-state index is 6.08. The number of hydrogen-bond donors (Lipinski definition) is 1. The van der Waals surface area contributed by atoms with Crippen LogP contribution in [0.25, 0.3) is 0 Å². The molecule has 0 radical (unpaired) electrons. The minimum absolute atomic E-state index is 0.0698. The average molecular weight is 283 g/mol. The molecule has 0 aromatic heterocycles. The molecule has 0 amide bonds. The molecule has 0 unspecified atom stereocenters. The summed E-state index contributed by atoms with van der Waals surface area (Å²) in [6.07, 6.45) is 2.55. The van der Waals surface area contributed by atoms with Gasteiger partial charge in [-0.25, -0.2) is 0 Å². The number of ether oxygens (including phenoxy) is 2. The SMILES string of the molecule is C=CC[C@@H](N)c1ccc(OCc2ccccc2)c(OC)c1. The summed E-state index contributed by atoms with van der Waals surface area (Å²) in [7, 11) is 1.63. The largest absolute Gasteiger partial charge is 0.493 e. The standard InChI is InChI=1S/C18H21NO2/c1-3-7-16(19)15-10-11-17(18(12-15)20-2)21-13-14-8-5-4-6-9-14/h3-6,8-12,16H,1,7,13,19H2,2H3/t16-/m1/s1. The third-order valence-corrected chi connectivity index (χ3v) is 3.27. The van der Waals surface area contributed by atoms with E-state index in [0.717, 1.165) is 23.3 Å². The Morgan fingerprint density at radius 1 is 1.14 bits per heavy atom. The van der Waals surface area contributed by atoms with E-state index in [1.54, 1.807) is 7.11 Å². The van der Waals surface area contributed by atoms with Gasteiger partial charge in [0.1, 0.15) is 6.61 Å². The van der Waals surface area contributed by atoms with E-state index in [1.165, 1.54) is 0 Å². The Labute approximate surface area is 126 Å². The third kappa shape index (κ3) is 4.10. The van der Waals surface area contributed by atoms with Gasteiger partial charge >= 0.3 is 0 Å². The Morgan fingerprint density at radius 3 is 2.57 bits per heavy atom. The lowest BCUT2D eigenvalue weighted by Crippen LogP contribution is -2.09. The molecule has 0 saturated carbocycles. The fourth-order valence-electron chi connectivity index (χ4n) is 2.09. The van der Waals surface area contributed by atoms with Gasteiger partial charge in [0.15, 0.2) is 11.5 Å². The second-order valence-corrected chi connectivity index (χ2v) is 4.82. The van der Waals surface area contributed by atoms with Crippen LogP contribution in [0.15, 0.2) is 61.2 Å². The molecule has 0 aliphatic heterocycles. The number of hydrogen-bond acceptors (Lipinski definition) is 3. The molecule has 21 heavy (non-hydrogen) atoms. The summed E-state index contributed by atoms with van der Waals surface area (Å²) in [4.78, 5) is 0. The summed E-state index contributed by atoms with van der Waals surface area (Å²) in [6.45, 7) is 4.22. The third-order valence-electron chi connectivity index (χ3n) is 3.27. The van der Waals surface area contributed by atoms with Crippen LogP contribution in [0.5, 0.6) is 11.5 Å². The van der Waals surface area contributed by atoms with Gasteiger partial charge in [-0.05, 0) is 29.7 Å². The Kier molecular flexibility index (Phi) is 5.41. The summed E-state index contributed by atoms with van der Waals surface area (Å²) in [6, 6.07) is 15.8. The van der Waals surface area contributed by atoms with E-state index in [9.17, 15) is 0 Å². The molecule has 0 fully saturated rings. The molecule has 1 atom stereocenters. The highest BCUT2D eigenvalue weighted by Gasteiger charge is 2.10. The topological polar surface area (TPSA) is 44.5 Å². The normalized spacial score (nSPS) is 11.7. The van der Waals surface area contributed by atoms with Gasteiger partial charge in [-0.2, -0.15) is 0 Å². The van der Waals surface area contributed by atoms with Gasteiger partial charge in [-0.15, -0.1) is 6.58 Å². The predicted octanol–water partition coefficient (Wildman–Crippen LogP) is 3.85. The minimum atomic E-state index is -0.0698. The van der Waals surface area contributed by atoms with E-state index in [4.69, 9.17) is 15.2 Å². The van der Waals surface area contributed by atoms with E-state index >= 15 is 0 Å². The van der Waals surface area contributed by atoms with E-state index in [1.807, 2.05) is 54.6 Å². The molecule has 0 spiro atoms. The Bertz CT molecular complexity index is 581. The first-order valence-electron chi connectivity index (χ1n) is 6.95. The predicted molar refractivity (Wildman–Crippen MR) is 85.5 cm³/mol. The van der Waals surface area contributed by atoms with Crippen molar-refractivity contribution in [2.45, 2.75) is 19.1 Å². The Morgan fingerprint density at radius 2 is 1.90 bits per heavy atom. The number of methoxy groups -OCH3 is 1. The Balaban J connectivity index is 2.11. The average Bonchev–Trinajstić information content (AvgIpc) is 2.54. The highest BCUT2D eigenvalue weighted by Crippen LogP contribution is 2.31. The monoisotopic (exact) mass is 283 g/mol. The van der Waals surface area contributed by atoms with Gasteiger partial charge in [0.25, 0.3) is 0 Å². The van der Waals surface area contributed by atoms with Crippen molar-refractivity contribution in [1.82, 2.24) is 0 Å². The van der Waals surface area contributed by atoms with E-state index in [-0.39, 0.29) is 6.04 Å². The fourth-order valence-corrected chi connectivity index (χ4v) is 2.09. The highest BCUT2D eigenvalue weighted by molar-refractivity contribution is 5.44. The van der Waals surface area contributed by atoms with Crippen molar-refractivity contribution in [3.63, 3.8) is 0 Å². The molecule has 0 aliphatic carbocycles. The lowest BCUT2D eigenvalue weighted by atomic mass is 10.0. The van der Waals surface area contributed by atoms with Crippen LogP contribution in [-0.4, -0.2) is 7.11 Å². The summed E-state index contributed by atoms with van der Waals surface area (Å²) >= 11 is 0. The minimum Gasteiger partial charge on any atom is -0.493 e. The highest BCUT2D eigenvalue weighted by atomic mass is 16.5. The number of rotatable bonds is 7. The molecular formula is C18H21NO2. The van der Waals surface area contributed by atoms with Gasteiger partial charge in [0.05, 0.1) is 7.11 Å². The van der Waals surface area contributed by atoms with E-state index < -0.39 is 0 Å². The van der Waals surface area contributed by atoms with Crippen molar-refractivity contribution < 1.29 is 9.47 Å². The smallest absolute Gasteiger partial charge is 0.161 e. The van der Waals surface area contributed by atoms with Crippen LogP contribution in [0, 0.1) is 0 Å². The van der Waals surface area contributed by atoms with Gasteiger partial charge in [0.2, 0.25) is 0 Å². The second-order valence-electron chi connectivity index (χ2n) is 4.82. The first-order valence-corrected chi connectivity index (χ1v) is 6.95. The van der Waals surface area contributed by atoms with Crippen molar-refractivity contribution in [2.24, 2.45) is 5.73 Å². The lowest BCUT2D eigenvalue weighted by Gasteiger charge is -2.15. The molecule has 0 heterocycles. The summed E-state index contributed by atoms with van der Waals surface area (Å²) in [5, 5.41) is 0. The number of benzene rings is 2. The quantitative estimate of drug-likeness (QED) is 0.785. The first kappa shape index (κ1) is 15.1. The van der Waals surface area contributed by atoms with E-state index in [2.05, 4.69) is 6.58 Å². The maximum Gasteiger partial charge on any atom is 0.161 e. The molecule has 2 rings (SSSR count). The van der Waals surface area contributed by atoms with Gasteiger partial charge < -0.3 is 15.2 Å². The molecular weight excluding hydrogens is 262 g/mol. The zero-order valence-electron chi connectivity index (χ0n) is 12.3. The van der Waals surface area contributed by atoms with Crippen molar-refractivity contribution in [1.29, 1.82) is 0 Å². The van der Waals surface area contributed by atoms with Crippen LogP contribution in [0.2, 0.25) is 0 Å². The zero-order valence-corrected chi connectivity index (χ0v) is 12.3. The Hall–Kier alpha value is -2.26. The molecule has 0 bridgehead atoms. The van der Waals surface area contributed by atoms with Crippen LogP contribution in [0.4, 0.5) is 0 Å². The van der Waals surface area contributed by atoms with Crippen molar-refractivity contribution in [2.75, 3.05) is 7.11 Å². The molecule has 3 heteroatoms. The number of nitrogens with two attached hydrogens (primary N) is 1. The zero-order chi connectivity index (χ0) is 15.1. The van der Waals surface area contributed by atoms with Crippen LogP contribution in [0.3, 0.4) is 0 Å². The van der Waals surface area contributed by atoms with Crippen LogP contribution in [0.1, 0.15) is 23.6 Å². The lowest BCUT2D eigenvalue weighted by molar-refractivity contribution is 0.284. The fraction of sp³-hybridized carbons (Fsp3) is 0.222. The van der Waals surface area contributed by atoms with E-state index in [0.29, 0.717) is 12.4 Å². The molecule has 110 valence electrons. The van der Waals surface area contributed by atoms with Crippen LogP contribution in [-0.2, 0) is 6.61 Å². The van der Waals surface area contributed by atoms with Gasteiger partial charge in [-0.3, -0.25) is 0 Å². The van der Waals surface area contributed by atoms with Crippen molar-refractivity contribution in [3.05, 3.63) is 72.3 Å². The summed E-state index contributed by atoms with van der Waals surface area (Å²) in [5.41, 5.74) is 8.21. The van der Waals surface area contributed by atoms with Gasteiger partial charge in [-0.1, -0.05) is 42.5 Å². The molecule has 0 aliphatic rings. The van der Waals surface area contributed by atoms with Crippen molar-refractivity contribution >= 4 is 0 Å². The summed E-state index contributed by atoms with van der Waals surface area (Å²) in [5.74, 6) is 1.42. The second kappa shape index (κ2) is 7.50. The summed E-state index contributed by atoms with van der Waals surface area (Å²) < 4.78 is 11.2. The van der Waals surface area contributed by atoms with Gasteiger partial charge in [0, 0.05) is 6.04 Å². The maximum absolute atomic E-state index is 6.08. The molecule has 2 aromatic carbocycles. The van der Waals surface area contributed by atoms with Crippen LogP contribution < -0.4 is 15.2 Å². The molecule has 2 N–H and O–H groups in total. The molecule has 2 aromatic rings. The molecule has 0 saturated heterocycles. The van der Waals surface area contributed by atoms with Crippen molar-refractivity contribution in [3.8, 4) is 11.5 Å². The first-order chi connectivity index (χ1) is 10.2.